The highest BCUT2D eigenvalue weighted by atomic mass is 32.2. The molecule has 1 unspecified atom stereocenters. The molecule has 0 amide bonds. The first kappa shape index (κ1) is 11.8. The third-order valence-corrected chi connectivity index (χ3v) is 3.19. The number of carboxylic acids is 1. The number of thioether (sulfide) groups is 1. The maximum absolute atomic E-state index is 11.2. The van der Waals surface area contributed by atoms with Crippen LogP contribution >= 0.6 is 11.8 Å². The molecule has 0 aromatic heterocycles. The predicted octanol–water partition coefficient (Wildman–Crippen LogP) is 2.27. The lowest BCUT2D eigenvalue weighted by Gasteiger charge is -2.22. The molecule has 0 aliphatic heterocycles. The van der Waals surface area contributed by atoms with Gasteiger partial charge in [0.15, 0.2) is 5.12 Å². The summed E-state index contributed by atoms with van der Waals surface area (Å²) in [5.74, 6) is -1.01. The lowest BCUT2D eigenvalue weighted by molar-refractivity contribution is -0.139. The Bertz CT molecular complexity index is 375. The second kappa shape index (κ2) is 4.49. The zero-order valence-electron chi connectivity index (χ0n) is 8.56. The van der Waals surface area contributed by atoms with Gasteiger partial charge in [0.25, 0.3) is 0 Å². The van der Waals surface area contributed by atoms with Crippen LogP contribution in [0.4, 0.5) is 0 Å². The van der Waals surface area contributed by atoms with E-state index >= 15 is 0 Å². The first-order valence-electron chi connectivity index (χ1n) is 4.45. The Morgan fingerprint density at radius 3 is 2.20 bits per heavy atom. The van der Waals surface area contributed by atoms with E-state index < -0.39 is 10.7 Å². The number of carbonyl (C=O) groups is 2. The maximum Gasteiger partial charge on any atom is 0.324 e. The van der Waals surface area contributed by atoms with Crippen LogP contribution in [0, 0.1) is 0 Å². The maximum atomic E-state index is 11.2. The molecule has 4 heteroatoms. The Labute approximate surface area is 92.5 Å². The topological polar surface area (TPSA) is 54.4 Å². The molecule has 15 heavy (non-hydrogen) atoms. The summed E-state index contributed by atoms with van der Waals surface area (Å²) < 4.78 is -1.20. The summed E-state index contributed by atoms with van der Waals surface area (Å²) >= 11 is 0.825. The molecule has 0 radical (unpaired) electrons. The number of rotatable bonds is 3. The normalized spacial score (nSPS) is 14.3. The average Bonchev–Trinajstić information content (AvgIpc) is 2.17. The van der Waals surface area contributed by atoms with Crippen LogP contribution in [0.3, 0.4) is 0 Å². The minimum Gasteiger partial charge on any atom is -0.480 e. The van der Waals surface area contributed by atoms with Crippen molar-refractivity contribution in [2.45, 2.75) is 18.6 Å². The molecule has 1 rings (SSSR count). The molecule has 1 aromatic rings. The number of aliphatic carboxylic acids is 1. The Morgan fingerprint density at radius 2 is 1.80 bits per heavy atom. The van der Waals surface area contributed by atoms with Crippen molar-refractivity contribution < 1.29 is 14.7 Å². The van der Waals surface area contributed by atoms with Crippen LogP contribution in [0.15, 0.2) is 30.3 Å². The smallest absolute Gasteiger partial charge is 0.324 e. The van der Waals surface area contributed by atoms with E-state index in [9.17, 15) is 9.59 Å². The molecule has 0 fully saturated rings. The number of hydrogen-bond donors (Lipinski definition) is 1. The predicted molar refractivity (Wildman–Crippen MR) is 59.7 cm³/mol. The first-order valence-corrected chi connectivity index (χ1v) is 5.27. The molecule has 0 spiro atoms. The summed E-state index contributed by atoms with van der Waals surface area (Å²) in [6, 6.07) is 8.76. The van der Waals surface area contributed by atoms with Crippen LogP contribution < -0.4 is 0 Å². The fraction of sp³-hybridized carbons (Fsp3) is 0.273. The van der Waals surface area contributed by atoms with E-state index in [0.717, 1.165) is 11.8 Å². The minimum absolute atomic E-state index is 0.205. The van der Waals surface area contributed by atoms with Gasteiger partial charge in [-0.15, -0.1) is 0 Å². The van der Waals surface area contributed by atoms with Gasteiger partial charge in [-0.2, -0.15) is 0 Å². The number of carboxylic acid groups (broad SMARTS) is 1. The zero-order valence-corrected chi connectivity index (χ0v) is 9.38. The highest BCUT2D eigenvalue weighted by Crippen LogP contribution is 2.36. The third kappa shape index (κ3) is 2.59. The van der Waals surface area contributed by atoms with Gasteiger partial charge in [0, 0.05) is 6.92 Å². The number of benzene rings is 1. The number of hydrogen-bond acceptors (Lipinski definition) is 3. The molecule has 0 saturated heterocycles. The van der Waals surface area contributed by atoms with Gasteiger partial charge >= 0.3 is 5.97 Å². The summed E-state index contributed by atoms with van der Waals surface area (Å²) in [7, 11) is 0. The molecule has 1 aromatic carbocycles. The molecule has 80 valence electrons. The standard InChI is InChI=1S/C11H12O3S/c1-8(12)15-11(2,10(13)14)9-6-4-3-5-7-9/h3-7H,1-2H3,(H,13,14). The molecule has 0 aliphatic rings. The van der Waals surface area contributed by atoms with Gasteiger partial charge in [0.05, 0.1) is 0 Å². The first-order chi connectivity index (χ1) is 6.97. The Morgan fingerprint density at radius 1 is 1.27 bits per heavy atom. The van der Waals surface area contributed by atoms with Crippen molar-refractivity contribution in [3.05, 3.63) is 35.9 Å². The zero-order chi connectivity index (χ0) is 11.5. The van der Waals surface area contributed by atoms with Crippen LogP contribution in [0.5, 0.6) is 0 Å². The SMILES string of the molecule is CC(=O)SC(C)(C(=O)O)c1ccccc1. The lowest BCUT2D eigenvalue weighted by Crippen LogP contribution is -2.29. The molecule has 1 N–H and O–H groups in total. The minimum atomic E-state index is -1.20. The molecule has 0 aliphatic carbocycles. The monoisotopic (exact) mass is 224 g/mol. The van der Waals surface area contributed by atoms with Gasteiger partial charge in [-0.1, -0.05) is 42.1 Å². The molecular weight excluding hydrogens is 212 g/mol. The average molecular weight is 224 g/mol. The van der Waals surface area contributed by atoms with Crippen LogP contribution in [0.1, 0.15) is 19.4 Å². The van der Waals surface area contributed by atoms with Crippen molar-refractivity contribution in [1.82, 2.24) is 0 Å². The Kier molecular flexibility index (Phi) is 3.52. The summed E-state index contributed by atoms with van der Waals surface area (Å²) in [6.45, 7) is 2.91. The quantitative estimate of drug-likeness (QED) is 0.855. The van der Waals surface area contributed by atoms with E-state index in [1.165, 1.54) is 13.8 Å². The van der Waals surface area contributed by atoms with Crippen LogP contribution in [0.25, 0.3) is 0 Å². The van der Waals surface area contributed by atoms with Crippen molar-refractivity contribution in [2.24, 2.45) is 0 Å². The Balaban J connectivity index is 3.13. The molecule has 3 nitrogen and oxygen atoms in total. The highest BCUT2D eigenvalue weighted by molar-refractivity contribution is 8.14. The van der Waals surface area contributed by atoms with E-state index in [4.69, 9.17) is 5.11 Å². The Hall–Kier alpha value is -1.29. The highest BCUT2D eigenvalue weighted by Gasteiger charge is 2.37. The van der Waals surface area contributed by atoms with Gasteiger partial charge in [0.2, 0.25) is 0 Å². The van der Waals surface area contributed by atoms with Gasteiger partial charge in [-0.25, -0.2) is 0 Å². The summed E-state index contributed by atoms with van der Waals surface area (Å²) in [5.41, 5.74) is 0.623. The summed E-state index contributed by atoms with van der Waals surface area (Å²) in [6.07, 6.45) is 0. The van der Waals surface area contributed by atoms with Crippen LogP contribution in [0.2, 0.25) is 0 Å². The number of carbonyl (C=O) groups excluding carboxylic acids is 1. The second-order valence-corrected chi connectivity index (χ2v) is 4.89. The van der Waals surface area contributed by atoms with Crippen LogP contribution in [-0.4, -0.2) is 16.2 Å². The van der Waals surface area contributed by atoms with Gasteiger partial charge in [0.1, 0.15) is 4.75 Å². The van der Waals surface area contributed by atoms with E-state index in [0.29, 0.717) is 5.56 Å². The fourth-order valence-electron chi connectivity index (χ4n) is 1.27. The van der Waals surface area contributed by atoms with Crippen LogP contribution in [-0.2, 0) is 14.3 Å². The largest absolute Gasteiger partial charge is 0.480 e. The van der Waals surface area contributed by atoms with Crippen molar-refractivity contribution in [1.29, 1.82) is 0 Å². The lowest BCUT2D eigenvalue weighted by atomic mass is 10.0. The van der Waals surface area contributed by atoms with Crippen molar-refractivity contribution in [2.75, 3.05) is 0 Å². The van der Waals surface area contributed by atoms with Crippen molar-refractivity contribution in [3.8, 4) is 0 Å². The molecule has 0 bridgehead atoms. The van der Waals surface area contributed by atoms with Crippen molar-refractivity contribution >= 4 is 22.8 Å². The molecule has 0 heterocycles. The fourth-order valence-corrected chi connectivity index (χ4v) is 2.19. The van der Waals surface area contributed by atoms with Gasteiger partial charge < -0.3 is 5.11 Å². The van der Waals surface area contributed by atoms with E-state index in [1.807, 2.05) is 6.07 Å². The van der Waals surface area contributed by atoms with E-state index in [-0.39, 0.29) is 5.12 Å². The van der Waals surface area contributed by atoms with E-state index in [1.54, 1.807) is 24.3 Å². The summed E-state index contributed by atoms with van der Waals surface area (Å²) in [4.78, 5) is 22.2. The second-order valence-electron chi connectivity index (χ2n) is 3.30. The van der Waals surface area contributed by atoms with Crippen molar-refractivity contribution in [3.63, 3.8) is 0 Å². The molecular formula is C11H12O3S. The summed E-state index contributed by atoms with van der Waals surface area (Å²) in [5, 5.41) is 8.96. The molecule has 1 atom stereocenters. The van der Waals surface area contributed by atoms with Gasteiger partial charge in [-0.05, 0) is 12.5 Å². The molecule has 0 saturated carbocycles. The van der Waals surface area contributed by atoms with Gasteiger partial charge in [-0.3, -0.25) is 9.59 Å². The third-order valence-electron chi connectivity index (χ3n) is 2.08. The van der Waals surface area contributed by atoms with E-state index in [2.05, 4.69) is 0 Å².